The average Bonchev–Trinajstić information content (AvgIpc) is 2.65. The van der Waals surface area contributed by atoms with Gasteiger partial charge < -0.3 is 19.7 Å². The predicted molar refractivity (Wildman–Crippen MR) is 95.9 cm³/mol. The molecule has 2 aromatic carbocycles. The predicted octanol–water partition coefficient (Wildman–Crippen LogP) is 3.18. The van der Waals surface area contributed by atoms with E-state index in [-0.39, 0.29) is 5.91 Å². The Kier molecular flexibility index (Phi) is 4.70. The Hall–Kier alpha value is -2.95. The van der Waals surface area contributed by atoms with Gasteiger partial charge in [0.15, 0.2) is 0 Å². The van der Waals surface area contributed by atoms with Crippen LogP contribution in [0.4, 0.5) is 11.4 Å². The summed E-state index contributed by atoms with van der Waals surface area (Å²) in [7, 11) is 3.26. The fraction of sp³-hybridized carbons (Fsp3) is 0.211. The van der Waals surface area contributed by atoms with Crippen LogP contribution in [0.3, 0.4) is 0 Å². The monoisotopic (exact) mass is 324 g/mol. The largest absolute Gasteiger partial charge is 0.497 e. The average molecular weight is 324 g/mol. The van der Waals surface area contributed by atoms with Crippen molar-refractivity contribution in [3.8, 4) is 11.5 Å². The number of methoxy groups -OCH3 is 2. The molecule has 0 saturated carbocycles. The van der Waals surface area contributed by atoms with Gasteiger partial charge in [-0.25, -0.2) is 0 Å². The summed E-state index contributed by atoms with van der Waals surface area (Å²) in [5.41, 5.74) is 2.73. The minimum absolute atomic E-state index is 0.0428. The maximum atomic E-state index is 12.6. The molecule has 0 saturated heterocycles. The van der Waals surface area contributed by atoms with Crippen LogP contribution < -0.4 is 19.7 Å². The van der Waals surface area contributed by atoms with Gasteiger partial charge in [-0.3, -0.25) is 4.79 Å². The van der Waals surface area contributed by atoms with Gasteiger partial charge >= 0.3 is 0 Å². The zero-order valence-corrected chi connectivity index (χ0v) is 13.8. The second-order valence-corrected chi connectivity index (χ2v) is 5.41. The molecule has 5 heteroatoms. The van der Waals surface area contributed by atoms with Gasteiger partial charge in [-0.2, -0.15) is 0 Å². The van der Waals surface area contributed by atoms with Crippen molar-refractivity contribution in [2.45, 2.75) is 0 Å². The standard InChI is InChI=1S/C19H20N2O3/c1-23-15-6-3-14(4-7-15)5-10-19(22)21-12-11-20-17-13-16(24-2)8-9-18(17)21/h3-10,13,20H,11-12H2,1-2H3. The quantitative estimate of drug-likeness (QED) is 0.878. The molecule has 1 N–H and O–H groups in total. The molecule has 24 heavy (non-hydrogen) atoms. The third-order valence-electron chi connectivity index (χ3n) is 3.95. The van der Waals surface area contributed by atoms with Gasteiger partial charge in [0.2, 0.25) is 0 Å². The number of hydrogen-bond donors (Lipinski definition) is 1. The topological polar surface area (TPSA) is 50.8 Å². The Labute approximate surface area is 141 Å². The Morgan fingerprint density at radius 1 is 1.08 bits per heavy atom. The minimum atomic E-state index is -0.0428. The van der Waals surface area contributed by atoms with E-state index >= 15 is 0 Å². The smallest absolute Gasteiger partial charge is 0.251 e. The highest BCUT2D eigenvalue weighted by atomic mass is 16.5. The van der Waals surface area contributed by atoms with E-state index < -0.39 is 0 Å². The van der Waals surface area contributed by atoms with Crippen LogP contribution in [0.25, 0.3) is 6.08 Å². The third-order valence-corrected chi connectivity index (χ3v) is 3.95. The maximum absolute atomic E-state index is 12.6. The molecule has 1 aliphatic rings. The van der Waals surface area contributed by atoms with Crippen LogP contribution in [0.15, 0.2) is 48.5 Å². The van der Waals surface area contributed by atoms with Gasteiger partial charge in [0.25, 0.3) is 5.91 Å². The molecule has 0 fully saturated rings. The van der Waals surface area contributed by atoms with Gasteiger partial charge in [0.05, 0.1) is 25.6 Å². The number of nitrogens with zero attached hydrogens (tertiary/aromatic N) is 1. The summed E-state index contributed by atoms with van der Waals surface area (Å²) < 4.78 is 10.4. The molecule has 3 rings (SSSR count). The summed E-state index contributed by atoms with van der Waals surface area (Å²) in [6.07, 6.45) is 3.41. The van der Waals surface area contributed by atoms with Crippen molar-refractivity contribution in [1.29, 1.82) is 0 Å². The molecule has 1 amide bonds. The number of anilines is 2. The van der Waals surface area contributed by atoms with Crippen molar-refractivity contribution in [3.63, 3.8) is 0 Å². The second kappa shape index (κ2) is 7.08. The van der Waals surface area contributed by atoms with Gasteiger partial charge in [-0.1, -0.05) is 12.1 Å². The highest BCUT2D eigenvalue weighted by Gasteiger charge is 2.21. The molecule has 124 valence electrons. The van der Waals surface area contributed by atoms with Gasteiger partial charge in [0.1, 0.15) is 11.5 Å². The van der Waals surface area contributed by atoms with E-state index in [1.807, 2.05) is 48.5 Å². The molecule has 0 atom stereocenters. The van der Waals surface area contributed by atoms with E-state index in [2.05, 4.69) is 5.32 Å². The third kappa shape index (κ3) is 3.35. The van der Waals surface area contributed by atoms with Crippen molar-refractivity contribution < 1.29 is 14.3 Å². The highest BCUT2D eigenvalue weighted by Crippen LogP contribution is 2.32. The number of benzene rings is 2. The Balaban J connectivity index is 1.77. The first-order chi connectivity index (χ1) is 11.7. The van der Waals surface area contributed by atoms with Crippen LogP contribution in [0, 0.1) is 0 Å². The van der Waals surface area contributed by atoms with Crippen LogP contribution in [-0.2, 0) is 4.79 Å². The first-order valence-corrected chi connectivity index (χ1v) is 7.77. The van der Waals surface area contributed by atoms with Crippen molar-refractivity contribution in [2.75, 3.05) is 37.5 Å². The lowest BCUT2D eigenvalue weighted by molar-refractivity contribution is -0.114. The zero-order valence-electron chi connectivity index (χ0n) is 13.8. The number of carbonyl (C=O) groups is 1. The molecule has 5 nitrogen and oxygen atoms in total. The van der Waals surface area contributed by atoms with E-state index in [1.54, 1.807) is 25.2 Å². The number of fused-ring (bicyclic) bond motifs is 1. The maximum Gasteiger partial charge on any atom is 0.251 e. The molecular weight excluding hydrogens is 304 g/mol. The molecule has 2 aromatic rings. The summed E-state index contributed by atoms with van der Waals surface area (Å²) in [6, 6.07) is 13.2. The van der Waals surface area contributed by atoms with E-state index in [0.29, 0.717) is 13.1 Å². The lowest BCUT2D eigenvalue weighted by Crippen LogP contribution is -2.37. The van der Waals surface area contributed by atoms with Crippen molar-refractivity contribution in [3.05, 3.63) is 54.1 Å². The lowest BCUT2D eigenvalue weighted by atomic mass is 10.1. The fourth-order valence-corrected chi connectivity index (χ4v) is 2.64. The summed E-state index contributed by atoms with van der Waals surface area (Å²) in [5.74, 6) is 1.52. The van der Waals surface area contributed by atoms with Crippen molar-refractivity contribution in [1.82, 2.24) is 0 Å². The highest BCUT2D eigenvalue weighted by molar-refractivity contribution is 6.06. The van der Waals surface area contributed by atoms with Gasteiger partial charge in [-0.05, 0) is 35.9 Å². The van der Waals surface area contributed by atoms with Gasteiger partial charge in [0, 0.05) is 25.2 Å². The summed E-state index contributed by atoms with van der Waals surface area (Å²) in [5, 5.41) is 3.30. The molecule has 0 spiro atoms. The van der Waals surface area contributed by atoms with Crippen molar-refractivity contribution >= 4 is 23.4 Å². The normalized spacial score (nSPS) is 13.3. The SMILES string of the molecule is COc1ccc(C=CC(=O)N2CCNc3cc(OC)ccc32)cc1. The summed E-state index contributed by atoms with van der Waals surface area (Å²) in [6.45, 7) is 1.34. The number of hydrogen-bond acceptors (Lipinski definition) is 4. The van der Waals surface area contributed by atoms with Crippen LogP contribution in [0.1, 0.15) is 5.56 Å². The fourth-order valence-electron chi connectivity index (χ4n) is 2.64. The Morgan fingerprint density at radius 3 is 2.50 bits per heavy atom. The van der Waals surface area contributed by atoms with Crippen LogP contribution >= 0.6 is 0 Å². The molecule has 0 aliphatic carbocycles. The van der Waals surface area contributed by atoms with E-state index in [4.69, 9.17) is 9.47 Å². The number of rotatable bonds is 4. The Bertz CT molecular complexity index is 754. The zero-order chi connectivity index (χ0) is 16.9. The molecule has 0 radical (unpaired) electrons. The summed E-state index contributed by atoms with van der Waals surface area (Å²) >= 11 is 0. The lowest BCUT2D eigenvalue weighted by Gasteiger charge is -2.29. The van der Waals surface area contributed by atoms with E-state index in [9.17, 15) is 4.79 Å². The first-order valence-electron chi connectivity index (χ1n) is 7.77. The van der Waals surface area contributed by atoms with E-state index in [1.165, 1.54) is 0 Å². The molecule has 0 bridgehead atoms. The number of nitrogens with one attached hydrogen (secondary N) is 1. The summed E-state index contributed by atoms with van der Waals surface area (Å²) in [4.78, 5) is 14.3. The van der Waals surface area contributed by atoms with Crippen LogP contribution in [0.5, 0.6) is 11.5 Å². The minimum Gasteiger partial charge on any atom is -0.497 e. The molecule has 1 heterocycles. The Morgan fingerprint density at radius 2 is 1.79 bits per heavy atom. The van der Waals surface area contributed by atoms with Crippen LogP contribution in [-0.4, -0.2) is 33.2 Å². The molecule has 0 unspecified atom stereocenters. The van der Waals surface area contributed by atoms with Crippen molar-refractivity contribution in [2.24, 2.45) is 0 Å². The molecule has 0 aromatic heterocycles. The molecular formula is C19H20N2O3. The first kappa shape index (κ1) is 15.9. The number of ether oxygens (including phenoxy) is 2. The van der Waals surface area contributed by atoms with E-state index in [0.717, 1.165) is 28.4 Å². The van der Waals surface area contributed by atoms with Crippen LogP contribution in [0.2, 0.25) is 0 Å². The molecule has 1 aliphatic heterocycles. The second-order valence-electron chi connectivity index (χ2n) is 5.41. The number of carbonyl (C=O) groups excluding carboxylic acids is 1. The van der Waals surface area contributed by atoms with Gasteiger partial charge in [-0.15, -0.1) is 0 Å². The number of amides is 1.